The van der Waals surface area contributed by atoms with Crippen molar-refractivity contribution in [2.45, 2.75) is 40.0 Å². The maximum atomic E-state index is 6.11. The summed E-state index contributed by atoms with van der Waals surface area (Å²) in [6, 6.07) is 1.96. The van der Waals surface area contributed by atoms with Crippen LogP contribution in [0, 0.1) is 0 Å². The van der Waals surface area contributed by atoms with Crippen molar-refractivity contribution in [2.24, 2.45) is 0 Å². The number of aryl methyl sites for hydroxylation is 2. The molecule has 2 aromatic heterocycles. The Hall–Kier alpha value is -1.91. The van der Waals surface area contributed by atoms with Gasteiger partial charge in [-0.1, -0.05) is 20.8 Å². The quantitative estimate of drug-likeness (QED) is 0.893. The van der Waals surface area contributed by atoms with Gasteiger partial charge in [-0.15, -0.1) is 0 Å². The van der Waals surface area contributed by atoms with Gasteiger partial charge < -0.3 is 5.73 Å². The summed E-state index contributed by atoms with van der Waals surface area (Å²) < 4.78 is 1.84. The maximum Gasteiger partial charge on any atom is 0.157 e. The first kappa shape index (κ1) is 12.5. The van der Waals surface area contributed by atoms with Crippen LogP contribution in [0.1, 0.15) is 37.9 Å². The molecule has 0 atom stereocenters. The van der Waals surface area contributed by atoms with Gasteiger partial charge in [0, 0.05) is 11.8 Å². The smallest absolute Gasteiger partial charge is 0.157 e. The van der Waals surface area contributed by atoms with E-state index < -0.39 is 0 Å². The Balaban J connectivity index is 2.55. The molecule has 0 aliphatic rings. The van der Waals surface area contributed by atoms with Gasteiger partial charge in [0.1, 0.15) is 6.33 Å². The van der Waals surface area contributed by atoms with E-state index in [0.717, 1.165) is 47.8 Å². The minimum atomic E-state index is 0.789. The molecule has 0 unspecified atom stereocenters. The van der Waals surface area contributed by atoms with Gasteiger partial charge >= 0.3 is 0 Å². The molecule has 0 aromatic carbocycles. The summed E-state index contributed by atoms with van der Waals surface area (Å²) in [5.41, 5.74) is 9.86. The number of nitrogens with two attached hydrogens (primary N) is 1. The zero-order valence-electron chi connectivity index (χ0n) is 11.1. The summed E-state index contributed by atoms with van der Waals surface area (Å²) in [5, 5.41) is 4.55. The molecule has 0 fully saturated rings. The fourth-order valence-corrected chi connectivity index (χ4v) is 2.00. The van der Waals surface area contributed by atoms with Gasteiger partial charge in [0.2, 0.25) is 0 Å². The van der Waals surface area contributed by atoms with Crippen molar-refractivity contribution in [1.29, 1.82) is 0 Å². The number of hydrogen-bond donors (Lipinski definition) is 1. The Labute approximate surface area is 107 Å². The largest absolute Gasteiger partial charge is 0.396 e. The van der Waals surface area contributed by atoms with Gasteiger partial charge in [0.25, 0.3) is 0 Å². The van der Waals surface area contributed by atoms with Gasteiger partial charge in [0.15, 0.2) is 5.82 Å². The molecule has 0 aliphatic heterocycles. The van der Waals surface area contributed by atoms with Crippen LogP contribution >= 0.6 is 0 Å². The molecule has 96 valence electrons. The van der Waals surface area contributed by atoms with E-state index in [9.17, 15) is 0 Å². The highest BCUT2D eigenvalue weighted by atomic mass is 15.3. The second-order valence-corrected chi connectivity index (χ2v) is 4.15. The zero-order valence-corrected chi connectivity index (χ0v) is 11.1. The number of hydrogen-bond acceptors (Lipinski definition) is 4. The Morgan fingerprint density at radius 3 is 2.50 bits per heavy atom. The number of aromatic nitrogens is 4. The average Bonchev–Trinajstić information content (AvgIpc) is 2.75. The lowest BCUT2D eigenvalue weighted by Gasteiger charge is -2.06. The molecule has 2 aromatic rings. The molecule has 0 radical (unpaired) electrons. The second kappa shape index (κ2) is 5.16. The van der Waals surface area contributed by atoms with Crippen molar-refractivity contribution in [3.63, 3.8) is 0 Å². The van der Waals surface area contributed by atoms with Gasteiger partial charge in [-0.05, 0) is 19.3 Å². The molecular formula is C13H19N5. The fourth-order valence-electron chi connectivity index (χ4n) is 2.00. The summed E-state index contributed by atoms with van der Waals surface area (Å²) in [6.45, 7) is 6.20. The Morgan fingerprint density at radius 1 is 1.11 bits per heavy atom. The monoisotopic (exact) mass is 245 g/mol. The molecule has 0 saturated carbocycles. The molecule has 2 heterocycles. The fraction of sp³-hybridized carbons (Fsp3) is 0.462. The average molecular weight is 245 g/mol. The van der Waals surface area contributed by atoms with E-state index in [1.807, 2.05) is 10.7 Å². The summed E-state index contributed by atoms with van der Waals surface area (Å²) in [6.07, 6.45) is 4.13. The van der Waals surface area contributed by atoms with E-state index in [0.29, 0.717) is 0 Å². The van der Waals surface area contributed by atoms with Crippen molar-refractivity contribution in [3.8, 4) is 5.82 Å². The summed E-state index contributed by atoms with van der Waals surface area (Å²) in [7, 11) is 0. The Bertz CT molecular complexity index is 544. The van der Waals surface area contributed by atoms with E-state index in [4.69, 9.17) is 5.73 Å². The summed E-state index contributed by atoms with van der Waals surface area (Å²) in [5.74, 6) is 0.796. The van der Waals surface area contributed by atoms with Crippen LogP contribution in [0.3, 0.4) is 0 Å². The Kier molecular flexibility index (Phi) is 3.60. The first-order valence-corrected chi connectivity index (χ1v) is 6.38. The second-order valence-electron chi connectivity index (χ2n) is 4.15. The van der Waals surface area contributed by atoms with Crippen molar-refractivity contribution in [3.05, 3.63) is 29.5 Å². The van der Waals surface area contributed by atoms with Crippen molar-refractivity contribution < 1.29 is 0 Å². The number of nitrogens with zero attached hydrogens (tertiary/aromatic N) is 4. The van der Waals surface area contributed by atoms with E-state index in [2.05, 4.69) is 35.8 Å². The first-order chi connectivity index (χ1) is 8.71. The molecular weight excluding hydrogens is 226 g/mol. The predicted molar refractivity (Wildman–Crippen MR) is 71.7 cm³/mol. The molecule has 0 saturated heterocycles. The molecule has 0 aliphatic carbocycles. The molecule has 2 rings (SSSR count). The molecule has 0 bridgehead atoms. The van der Waals surface area contributed by atoms with Crippen LogP contribution in [-0.2, 0) is 19.3 Å². The highest BCUT2D eigenvalue weighted by Gasteiger charge is 2.14. The van der Waals surface area contributed by atoms with E-state index in [-0.39, 0.29) is 0 Å². The highest BCUT2D eigenvalue weighted by molar-refractivity contribution is 5.51. The molecule has 5 heteroatoms. The van der Waals surface area contributed by atoms with Crippen LogP contribution in [0.4, 0.5) is 5.69 Å². The van der Waals surface area contributed by atoms with Gasteiger partial charge in [-0.2, -0.15) is 5.10 Å². The van der Waals surface area contributed by atoms with Crippen molar-refractivity contribution in [2.75, 3.05) is 5.73 Å². The normalized spacial score (nSPS) is 10.8. The van der Waals surface area contributed by atoms with Crippen LogP contribution in [0.15, 0.2) is 12.4 Å². The Morgan fingerprint density at radius 2 is 1.89 bits per heavy atom. The minimum absolute atomic E-state index is 0.789. The van der Waals surface area contributed by atoms with Crippen molar-refractivity contribution >= 4 is 5.69 Å². The zero-order chi connectivity index (χ0) is 13.1. The molecule has 2 N–H and O–H groups in total. The standard InChI is InChI=1S/C13H19N5/c1-4-9-7-12(16-8-15-9)18-11(6-3)13(14)10(5-2)17-18/h7-8H,4-6,14H2,1-3H3. The lowest BCUT2D eigenvalue weighted by atomic mass is 10.2. The summed E-state index contributed by atoms with van der Waals surface area (Å²) >= 11 is 0. The summed E-state index contributed by atoms with van der Waals surface area (Å²) in [4.78, 5) is 8.49. The van der Waals surface area contributed by atoms with Gasteiger partial charge in [-0.3, -0.25) is 0 Å². The molecule has 5 nitrogen and oxygen atoms in total. The lowest BCUT2D eigenvalue weighted by molar-refractivity contribution is 0.764. The number of anilines is 1. The first-order valence-electron chi connectivity index (χ1n) is 6.38. The van der Waals surface area contributed by atoms with Crippen LogP contribution in [0.25, 0.3) is 5.82 Å². The third-order valence-corrected chi connectivity index (χ3v) is 3.06. The van der Waals surface area contributed by atoms with Crippen LogP contribution in [-0.4, -0.2) is 19.7 Å². The van der Waals surface area contributed by atoms with Gasteiger partial charge in [0.05, 0.1) is 17.1 Å². The van der Waals surface area contributed by atoms with E-state index in [1.54, 1.807) is 6.33 Å². The number of rotatable bonds is 4. The minimum Gasteiger partial charge on any atom is -0.396 e. The van der Waals surface area contributed by atoms with Crippen LogP contribution in [0.5, 0.6) is 0 Å². The number of nitrogen functional groups attached to an aromatic ring is 1. The van der Waals surface area contributed by atoms with Gasteiger partial charge in [-0.25, -0.2) is 14.6 Å². The molecule has 0 amide bonds. The van der Waals surface area contributed by atoms with Crippen LogP contribution < -0.4 is 5.73 Å². The third kappa shape index (κ3) is 2.08. The van der Waals surface area contributed by atoms with E-state index in [1.165, 1.54) is 0 Å². The predicted octanol–water partition coefficient (Wildman–Crippen LogP) is 1.93. The SMILES string of the molecule is CCc1cc(-n2nc(CC)c(N)c2CC)ncn1. The maximum absolute atomic E-state index is 6.11. The molecule has 18 heavy (non-hydrogen) atoms. The van der Waals surface area contributed by atoms with E-state index >= 15 is 0 Å². The molecule has 0 spiro atoms. The topological polar surface area (TPSA) is 69.6 Å². The van der Waals surface area contributed by atoms with Crippen LogP contribution in [0.2, 0.25) is 0 Å². The van der Waals surface area contributed by atoms with Crippen molar-refractivity contribution in [1.82, 2.24) is 19.7 Å². The third-order valence-electron chi connectivity index (χ3n) is 3.06. The lowest BCUT2D eigenvalue weighted by Crippen LogP contribution is -2.06. The highest BCUT2D eigenvalue weighted by Crippen LogP contribution is 2.21.